The third-order valence-corrected chi connectivity index (χ3v) is 10.4. The van der Waals surface area contributed by atoms with Crippen LogP contribution in [-0.2, 0) is 38.1 Å². The van der Waals surface area contributed by atoms with E-state index < -0.39 is 92.1 Å². The first-order valence-corrected chi connectivity index (χ1v) is 19.9. The molecule has 2 amide bonds. The van der Waals surface area contributed by atoms with E-state index in [-0.39, 0.29) is 42.0 Å². The Labute approximate surface area is 342 Å². The zero-order valence-electron chi connectivity index (χ0n) is 33.6. The Morgan fingerprint density at radius 1 is 0.881 bits per heavy atom. The fourth-order valence-corrected chi connectivity index (χ4v) is 7.10. The highest BCUT2D eigenvalue weighted by Crippen LogP contribution is 2.31. The minimum Gasteiger partial charge on any atom is -0.462 e. The van der Waals surface area contributed by atoms with Gasteiger partial charge in [0.2, 0.25) is 18.1 Å². The first-order chi connectivity index (χ1) is 28.1. The van der Waals surface area contributed by atoms with Gasteiger partial charge in [-0.05, 0) is 56.1 Å². The molecule has 18 nitrogen and oxygen atoms in total. The molecule has 0 aromatic heterocycles. The maximum absolute atomic E-state index is 13.0. The van der Waals surface area contributed by atoms with E-state index in [0.29, 0.717) is 32.5 Å². The van der Waals surface area contributed by atoms with E-state index >= 15 is 0 Å². The number of nitrogens with one attached hydrogen (secondary N) is 2. The Hall–Kier alpha value is -4.24. The van der Waals surface area contributed by atoms with Gasteiger partial charge in [0.1, 0.15) is 55.1 Å². The maximum atomic E-state index is 13.0. The lowest BCUT2D eigenvalue weighted by Crippen LogP contribution is -2.64. The summed E-state index contributed by atoms with van der Waals surface area (Å²) in [4.78, 5) is 52.1. The molecule has 3 aliphatic heterocycles. The van der Waals surface area contributed by atoms with E-state index in [1.54, 1.807) is 61.2 Å². The van der Waals surface area contributed by atoms with Crippen LogP contribution in [0.15, 0.2) is 54.6 Å². The number of esters is 2. The highest BCUT2D eigenvalue weighted by Gasteiger charge is 2.51. The molecule has 18 heteroatoms. The van der Waals surface area contributed by atoms with Crippen LogP contribution in [0.4, 0.5) is 0 Å². The van der Waals surface area contributed by atoms with Gasteiger partial charge in [-0.3, -0.25) is 14.4 Å². The molecule has 2 aromatic carbocycles. The molecule has 59 heavy (non-hydrogen) atoms. The fourth-order valence-electron chi connectivity index (χ4n) is 7.10. The second-order valence-electron chi connectivity index (χ2n) is 15.3. The third-order valence-electron chi connectivity index (χ3n) is 10.4. The quantitative estimate of drug-likeness (QED) is 0.155. The topological polar surface area (TPSA) is 252 Å². The number of amides is 2. The summed E-state index contributed by atoms with van der Waals surface area (Å²) in [7, 11) is 0. The van der Waals surface area contributed by atoms with Crippen LogP contribution >= 0.6 is 0 Å². The summed E-state index contributed by atoms with van der Waals surface area (Å²) in [5, 5.41) is 60.2. The van der Waals surface area contributed by atoms with Crippen LogP contribution < -0.4 is 15.4 Å². The fraction of sp³-hybridized carbons (Fsp3) is 0.610. The van der Waals surface area contributed by atoms with Crippen molar-refractivity contribution in [2.24, 2.45) is 5.92 Å². The standard InChI is InChI=1S/C41H57N3O15/c1-22(2)38(52)44-18-8-16-43-31(46)19-29(42-17-15-28(20-44)56-24(4)45)25-11-13-27(14-12-25)57-41-37(35(50)32(47)23(3)55-41)59-40-36(51)34(49)33(48)30(58-40)21-54-39(53)26-9-6-5-7-10-26/h5-7,9-14,22-23,28-30,32-37,40-42,47-51H,8,15-21H2,1-4H3,(H,43,46). The number of aliphatic hydroxyl groups is 5. The monoisotopic (exact) mass is 831 g/mol. The number of carbonyl (C=O) groups is 4. The summed E-state index contributed by atoms with van der Waals surface area (Å²) in [6, 6.07) is 14.3. The van der Waals surface area contributed by atoms with Crippen molar-refractivity contribution in [1.29, 1.82) is 0 Å². The first-order valence-electron chi connectivity index (χ1n) is 19.9. The lowest BCUT2D eigenvalue weighted by Gasteiger charge is -2.45. The number of benzene rings is 2. The van der Waals surface area contributed by atoms with E-state index in [1.807, 2.05) is 0 Å². The molecule has 326 valence electrons. The summed E-state index contributed by atoms with van der Waals surface area (Å²) in [5.74, 6) is -1.47. The summed E-state index contributed by atoms with van der Waals surface area (Å²) in [6.07, 6.45) is -14.9. The summed E-state index contributed by atoms with van der Waals surface area (Å²) < 4.78 is 34.5. The zero-order valence-corrected chi connectivity index (χ0v) is 33.6. The van der Waals surface area contributed by atoms with Crippen LogP contribution in [0.1, 0.15) is 68.9 Å². The second-order valence-corrected chi connectivity index (χ2v) is 15.3. The first kappa shape index (κ1) is 45.8. The average molecular weight is 832 g/mol. The molecular formula is C41H57N3O15. The zero-order chi connectivity index (χ0) is 42.8. The molecule has 0 radical (unpaired) electrons. The van der Waals surface area contributed by atoms with Crippen molar-refractivity contribution in [3.63, 3.8) is 0 Å². The van der Waals surface area contributed by atoms with Crippen LogP contribution in [-0.4, -0.2) is 154 Å². The van der Waals surface area contributed by atoms with Crippen molar-refractivity contribution in [3.8, 4) is 5.75 Å². The van der Waals surface area contributed by atoms with Crippen LogP contribution in [0.5, 0.6) is 5.75 Å². The van der Waals surface area contributed by atoms with Gasteiger partial charge in [0.05, 0.1) is 18.2 Å². The van der Waals surface area contributed by atoms with E-state index in [2.05, 4.69) is 10.6 Å². The van der Waals surface area contributed by atoms with E-state index in [9.17, 15) is 44.7 Å². The second kappa shape index (κ2) is 21.3. The minimum absolute atomic E-state index is 0.0701. The number of hydrogen-bond acceptors (Lipinski definition) is 16. The van der Waals surface area contributed by atoms with E-state index in [0.717, 1.165) is 5.56 Å². The number of aliphatic hydroxyl groups excluding tert-OH is 5. The van der Waals surface area contributed by atoms with Crippen LogP contribution in [0.25, 0.3) is 0 Å². The smallest absolute Gasteiger partial charge is 0.338 e. The van der Waals surface area contributed by atoms with Gasteiger partial charge in [-0.1, -0.05) is 44.2 Å². The Balaban J connectivity index is 1.27. The number of ether oxygens (including phenoxy) is 6. The molecule has 5 rings (SSSR count). The molecule has 12 atom stereocenters. The van der Waals surface area contributed by atoms with Crippen molar-refractivity contribution in [2.75, 3.05) is 32.8 Å². The van der Waals surface area contributed by atoms with Gasteiger partial charge < -0.3 is 69.5 Å². The molecule has 3 saturated heterocycles. The maximum Gasteiger partial charge on any atom is 0.338 e. The minimum atomic E-state index is -1.83. The van der Waals surface area contributed by atoms with Gasteiger partial charge in [-0.25, -0.2) is 4.79 Å². The molecule has 12 unspecified atom stereocenters. The Bertz CT molecular complexity index is 1680. The van der Waals surface area contributed by atoms with Gasteiger partial charge in [-0.2, -0.15) is 0 Å². The Morgan fingerprint density at radius 3 is 2.27 bits per heavy atom. The average Bonchev–Trinajstić information content (AvgIpc) is 3.22. The van der Waals surface area contributed by atoms with Gasteiger partial charge in [-0.15, -0.1) is 0 Å². The SMILES string of the molecule is CC(=O)OC1CCNC(c2ccc(OC3OC(C)C(O)C(O)C3OC3OC(COC(=O)c4ccccc4)C(O)C(O)C3O)cc2)CC(=O)NCCCN(C(=O)C(C)C)C1. The largest absolute Gasteiger partial charge is 0.462 e. The summed E-state index contributed by atoms with van der Waals surface area (Å²) in [6.45, 7) is 7.23. The summed E-state index contributed by atoms with van der Waals surface area (Å²) >= 11 is 0. The third kappa shape index (κ3) is 12.4. The molecule has 0 bridgehead atoms. The van der Waals surface area contributed by atoms with E-state index in [4.69, 9.17) is 28.4 Å². The predicted molar refractivity (Wildman–Crippen MR) is 206 cm³/mol. The highest BCUT2D eigenvalue weighted by molar-refractivity contribution is 5.89. The van der Waals surface area contributed by atoms with Crippen molar-refractivity contribution in [2.45, 2.75) is 121 Å². The molecule has 3 aliphatic rings. The summed E-state index contributed by atoms with van der Waals surface area (Å²) in [5.41, 5.74) is 0.959. The lowest BCUT2D eigenvalue weighted by atomic mass is 9.97. The molecule has 3 heterocycles. The van der Waals surface area contributed by atoms with E-state index in [1.165, 1.54) is 26.0 Å². The van der Waals surface area contributed by atoms with Gasteiger partial charge >= 0.3 is 11.9 Å². The molecular weight excluding hydrogens is 774 g/mol. The molecule has 0 aliphatic carbocycles. The Morgan fingerprint density at radius 2 is 1.59 bits per heavy atom. The molecule has 3 fully saturated rings. The van der Waals surface area contributed by atoms with Gasteiger partial charge in [0.25, 0.3) is 0 Å². The predicted octanol–water partition coefficient (Wildman–Crippen LogP) is -0.0711. The number of hydrogen-bond donors (Lipinski definition) is 7. The lowest BCUT2D eigenvalue weighted by molar-refractivity contribution is -0.355. The Kier molecular flexibility index (Phi) is 16.6. The molecule has 0 spiro atoms. The van der Waals surface area contributed by atoms with Crippen molar-refractivity contribution >= 4 is 23.8 Å². The molecule has 0 saturated carbocycles. The van der Waals surface area contributed by atoms with Crippen molar-refractivity contribution < 1.29 is 73.1 Å². The van der Waals surface area contributed by atoms with Crippen molar-refractivity contribution in [1.82, 2.24) is 15.5 Å². The molecule has 7 N–H and O–H groups in total. The number of carbonyl (C=O) groups excluding carboxylic acids is 4. The van der Waals surface area contributed by atoms with Crippen LogP contribution in [0.2, 0.25) is 0 Å². The highest BCUT2D eigenvalue weighted by atomic mass is 16.8. The number of nitrogens with zero attached hydrogens (tertiary/aromatic N) is 1. The normalized spacial score (nSPS) is 32.4. The van der Waals surface area contributed by atoms with Gasteiger partial charge in [0.15, 0.2) is 12.4 Å². The van der Waals surface area contributed by atoms with Gasteiger partial charge in [0, 0.05) is 38.4 Å². The molecule has 2 aromatic rings. The van der Waals surface area contributed by atoms with Crippen LogP contribution in [0, 0.1) is 5.92 Å². The van der Waals surface area contributed by atoms with Crippen LogP contribution in [0.3, 0.4) is 0 Å². The van der Waals surface area contributed by atoms with Crippen molar-refractivity contribution in [3.05, 3.63) is 65.7 Å². The number of rotatable bonds is 10.